The zero-order chi connectivity index (χ0) is 23.6. The third-order valence-corrected chi connectivity index (χ3v) is 7.86. The molecule has 2 aromatic rings. The number of piperazine rings is 2. The van der Waals surface area contributed by atoms with Crippen LogP contribution in [0.3, 0.4) is 0 Å². The Hall–Kier alpha value is -2.72. The van der Waals surface area contributed by atoms with Gasteiger partial charge in [-0.25, -0.2) is 0 Å². The fraction of sp³-hybridized carbons (Fsp3) is 0.680. The lowest BCUT2D eigenvalue weighted by Crippen LogP contribution is -2.49. The minimum absolute atomic E-state index is 0.00313. The Bertz CT molecular complexity index is 1000. The monoisotopic (exact) mass is 481 g/mol. The van der Waals surface area contributed by atoms with Gasteiger partial charge in [-0.05, 0) is 44.2 Å². The van der Waals surface area contributed by atoms with Gasteiger partial charge in [-0.1, -0.05) is 5.16 Å². The average Bonchev–Trinajstić information content (AvgIpc) is 3.59. The molecule has 1 unspecified atom stereocenters. The lowest BCUT2D eigenvalue weighted by atomic mass is 9.96. The van der Waals surface area contributed by atoms with Gasteiger partial charge in [0.2, 0.25) is 0 Å². The largest absolute Gasteiger partial charge is 0.377 e. The second-order valence-electron chi connectivity index (χ2n) is 10.1. The fourth-order valence-electron chi connectivity index (χ4n) is 5.73. The van der Waals surface area contributed by atoms with Crippen LogP contribution in [0.1, 0.15) is 47.5 Å². The molecule has 5 heterocycles. The summed E-state index contributed by atoms with van der Waals surface area (Å²) in [5, 5.41) is 13.2. The summed E-state index contributed by atoms with van der Waals surface area (Å²) < 4.78 is 11.2. The van der Waals surface area contributed by atoms with Crippen LogP contribution < -0.4 is 9.80 Å². The molecule has 1 amide bonds. The van der Waals surface area contributed by atoms with Crippen molar-refractivity contribution < 1.29 is 14.1 Å². The van der Waals surface area contributed by atoms with Crippen molar-refractivity contribution in [2.24, 2.45) is 0 Å². The maximum Gasteiger partial charge on any atom is 0.276 e. The van der Waals surface area contributed by atoms with Crippen LogP contribution in [0.5, 0.6) is 0 Å². The molecule has 10 nitrogen and oxygen atoms in total. The average molecular weight is 482 g/mol. The quantitative estimate of drug-likeness (QED) is 0.632. The first-order valence-corrected chi connectivity index (χ1v) is 13.2. The molecule has 6 rings (SSSR count). The van der Waals surface area contributed by atoms with E-state index in [-0.39, 0.29) is 5.91 Å². The molecule has 0 aromatic carbocycles. The number of fused-ring (bicyclic) bond motifs is 1. The molecular formula is C25H35N7O3. The van der Waals surface area contributed by atoms with Gasteiger partial charge in [0.25, 0.3) is 5.91 Å². The standard InChI is InChI=1S/C25H35N7O3/c33-25(24-20-5-1-2-6-21(20)35-28-24)32-15-13-31(14-16-32)23-8-7-22(26-27-23)30-11-9-29(10-12-30)18-19-4-3-17-34-19/h7-8,19H,1-6,9-18H2. The molecule has 3 fully saturated rings. The summed E-state index contributed by atoms with van der Waals surface area (Å²) in [5.41, 5.74) is 1.55. The molecule has 0 N–H and O–H groups in total. The summed E-state index contributed by atoms with van der Waals surface area (Å²) in [6.45, 7) is 8.74. The number of hydrogen-bond acceptors (Lipinski definition) is 9. The van der Waals surface area contributed by atoms with Gasteiger partial charge in [0.05, 0.1) is 6.10 Å². The predicted molar refractivity (Wildman–Crippen MR) is 131 cm³/mol. The second kappa shape index (κ2) is 10.1. The maximum atomic E-state index is 13.1. The first-order valence-electron chi connectivity index (χ1n) is 13.2. The van der Waals surface area contributed by atoms with Crippen molar-refractivity contribution in [3.8, 4) is 0 Å². The van der Waals surface area contributed by atoms with Crippen LogP contribution in [0, 0.1) is 0 Å². The van der Waals surface area contributed by atoms with E-state index in [2.05, 4.69) is 42.2 Å². The SMILES string of the molecule is O=C(c1noc2c1CCCC2)N1CCN(c2ccc(N3CCN(CC4CCCO4)CC3)nn2)CC1. The molecule has 188 valence electrons. The Balaban J connectivity index is 0.998. The van der Waals surface area contributed by atoms with Crippen LogP contribution in [0.2, 0.25) is 0 Å². The van der Waals surface area contributed by atoms with E-state index < -0.39 is 0 Å². The van der Waals surface area contributed by atoms with Gasteiger partial charge in [-0.3, -0.25) is 9.69 Å². The Morgan fingerprint density at radius 2 is 1.57 bits per heavy atom. The highest BCUT2D eigenvalue weighted by atomic mass is 16.5. The summed E-state index contributed by atoms with van der Waals surface area (Å²) in [4.78, 5) is 22.0. The van der Waals surface area contributed by atoms with Crippen LogP contribution in [0.25, 0.3) is 0 Å². The van der Waals surface area contributed by atoms with Crippen LogP contribution in [-0.4, -0.2) is 103 Å². The summed E-state index contributed by atoms with van der Waals surface area (Å²) in [6, 6.07) is 4.14. The molecule has 0 spiro atoms. The van der Waals surface area contributed by atoms with Gasteiger partial charge in [0.1, 0.15) is 5.76 Å². The van der Waals surface area contributed by atoms with Crippen molar-refractivity contribution in [3.05, 3.63) is 29.2 Å². The van der Waals surface area contributed by atoms with Crippen molar-refractivity contribution >= 4 is 17.5 Å². The number of carbonyl (C=O) groups is 1. The Labute approximate surface area is 206 Å². The number of hydrogen-bond donors (Lipinski definition) is 0. The number of aromatic nitrogens is 3. The molecule has 2 aromatic heterocycles. The molecular weight excluding hydrogens is 446 g/mol. The van der Waals surface area contributed by atoms with E-state index in [1.54, 1.807) is 0 Å². The molecule has 1 atom stereocenters. The summed E-state index contributed by atoms with van der Waals surface area (Å²) in [6.07, 6.45) is 6.80. The topological polar surface area (TPSA) is 91.1 Å². The molecule has 4 aliphatic rings. The van der Waals surface area contributed by atoms with E-state index >= 15 is 0 Å². The van der Waals surface area contributed by atoms with E-state index in [0.717, 1.165) is 101 Å². The van der Waals surface area contributed by atoms with Crippen LogP contribution in [-0.2, 0) is 17.6 Å². The number of nitrogens with zero attached hydrogens (tertiary/aromatic N) is 7. The number of rotatable bonds is 5. The fourth-order valence-corrected chi connectivity index (χ4v) is 5.73. The number of anilines is 2. The second-order valence-corrected chi connectivity index (χ2v) is 10.1. The molecule has 10 heteroatoms. The Morgan fingerprint density at radius 1 is 0.886 bits per heavy atom. The zero-order valence-corrected chi connectivity index (χ0v) is 20.4. The molecule has 0 radical (unpaired) electrons. The van der Waals surface area contributed by atoms with Gasteiger partial charge in [-0.2, -0.15) is 0 Å². The van der Waals surface area contributed by atoms with Crippen LogP contribution >= 0.6 is 0 Å². The first kappa shape index (κ1) is 22.7. The predicted octanol–water partition coefficient (Wildman–Crippen LogP) is 1.61. The highest BCUT2D eigenvalue weighted by Gasteiger charge is 2.30. The highest BCUT2D eigenvalue weighted by Crippen LogP contribution is 2.26. The van der Waals surface area contributed by atoms with Gasteiger partial charge in [0, 0.05) is 77.5 Å². The van der Waals surface area contributed by atoms with Crippen molar-refractivity contribution in [1.82, 2.24) is 25.2 Å². The van der Waals surface area contributed by atoms with Gasteiger partial charge < -0.3 is 24.0 Å². The van der Waals surface area contributed by atoms with Crippen molar-refractivity contribution in [1.29, 1.82) is 0 Å². The van der Waals surface area contributed by atoms with Crippen molar-refractivity contribution in [3.63, 3.8) is 0 Å². The van der Waals surface area contributed by atoms with E-state index in [1.165, 1.54) is 12.8 Å². The van der Waals surface area contributed by atoms with Crippen LogP contribution in [0.4, 0.5) is 11.6 Å². The lowest BCUT2D eigenvalue weighted by Gasteiger charge is -2.37. The normalized spacial score (nSPS) is 23.5. The number of carbonyl (C=O) groups excluding carboxylic acids is 1. The Kier molecular flexibility index (Phi) is 6.56. The maximum absolute atomic E-state index is 13.1. The Morgan fingerprint density at radius 3 is 2.23 bits per heavy atom. The van der Waals surface area contributed by atoms with E-state index in [0.29, 0.717) is 24.9 Å². The zero-order valence-electron chi connectivity index (χ0n) is 20.4. The number of ether oxygens (including phenoxy) is 1. The third kappa shape index (κ3) is 4.86. The highest BCUT2D eigenvalue weighted by molar-refractivity contribution is 5.94. The number of aryl methyl sites for hydroxylation is 1. The smallest absolute Gasteiger partial charge is 0.276 e. The molecule has 3 aliphatic heterocycles. The third-order valence-electron chi connectivity index (χ3n) is 7.86. The van der Waals surface area contributed by atoms with E-state index in [9.17, 15) is 4.79 Å². The summed E-state index contributed by atoms with van der Waals surface area (Å²) in [5.74, 6) is 2.71. The first-order chi connectivity index (χ1) is 17.2. The van der Waals surface area contributed by atoms with Gasteiger partial charge in [-0.15, -0.1) is 10.2 Å². The molecule has 1 aliphatic carbocycles. The van der Waals surface area contributed by atoms with Gasteiger partial charge >= 0.3 is 0 Å². The molecule has 35 heavy (non-hydrogen) atoms. The molecule has 0 saturated carbocycles. The van der Waals surface area contributed by atoms with Gasteiger partial charge in [0.15, 0.2) is 17.3 Å². The molecule has 3 saturated heterocycles. The minimum atomic E-state index is -0.00313. The number of amides is 1. The van der Waals surface area contributed by atoms with E-state index in [4.69, 9.17) is 9.26 Å². The lowest BCUT2D eigenvalue weighted by molar-refractivity contribution is 0.0712. The van der Waals surface area contributed by atoms with Crippen LogP contribution in [0.15, 0.2) is 16.7 Å². The molecule has 0 bridgehead atoms. The van der Waals surface area contributed by atoms with Crippen molar-refractivity contribution in [2.45, 2.75) is 44.6 Å². The van der Waals surface area contributed by atoms with E-state index in [1.807, 2.05) is 4.90 Å². The summed E-state index contributed by atoms with van der Waals surface area (Å²) in [7, 11) is 0. The van der Waals surface area contributed by atoms with Crippen molar-refractivity contribution in [2.75, 3.05) is 75.3 Å². The minimum Gasteiger partial charge on any atom is -0.377 e. The summed E-state index contributed by atoms with van der Waals surface area (Å²) >= 11 is 0.